The molecule has 3 amide bonds. The lowest BCUT2D eigenvalue weighted by molar-refractivity contribution is -0.136. The van der Waals surface area contributed by atoms with E-state index >= 15 is 0 Å². The molecule has 3 N–H and O–H groups in total. The minimum absolute atomic E-state index is 0.0785. The number of phenolic OH excluding ortho intramolecular Hbond substituents is 1. The molecule has 0 heterocycles. The van der Waals surface area contributed by atoms with Crippen LogP contribution in [0.4, 0.5) is 10.5 Å². The third-order valence-electron chi connectivity index (χ3n) is 5.81. The summed E-state index contributed by atoms with van der Waals surface area (Å²) in [5, 5.41) is 15.8. The van der Waals surface area contributed by atoms with Crippen LogP contribution in [0.5, 0.6) is 5.75 Å². The number of nitrogens with zero attached hydrogens (tertiary/aromatic N) is 1. The highest BCUT2D eigenvalue weighted by Gasteiger charge is 2.36. The van der Waals surface area contributed by atoms with E-state index in [1.807, 2.05) is 6.07 Å². The number of aromatic hydroxyl groups is 1. The Bertz CT molecular complexity index is 1390. The second-order valence-electron chi connectivity index (χ2n) is 10.1. The maximum absolute atomic E-state index is 14.0. The van der Waals surface area contributed by atoms with Gasteiger partial charge in [-0.05, 0) is 62.6 Å². The smallest absolute Gasteiger partial charge is 0.408 e. The van der Waals surface area contributed by atoms with Gasteiger partial charge >= 0.3 is 6.09 Å². The van der Waals surface area contributed by atoms with Crippen molar-refractivity contribution in [2.45, 2.75) is 51.8 Å². The number of anilines is 1. The third-order valence-corrected chi connectivity index (χ3v) is 6.13. The van der Waals surface area contributed by atoms with Crippen molar-refractivity contribution in [1.82, 2.24) is 10.2 Å². The predicted molar refractivity (Wildman–Crippen MR) is 155 cm³/mol. The summed E-state index contributed by atoms with van der Waals surface area (Å²) in [6.45, 7) is 6.88. The molecular weight excluding hydrogens is 530 g/mol. The topological polar surface area (TPSA) is 108 Å². The molecule has 0 saturated heterocycles. The molecule has 3 aromatic carbocycles. The summed E-state index contributed by atoms with van der Waals surface area (Å²) in [7, 11) is 0. The van der Waals surface area contributed by atoms with Crippen LogP contribution in [0, 0.1) is 19.4 Å². The number of alkyl carbamates (subject to hydrolysis) is 1. The summed E-state index contributed by atoms with van der Waals surface area (Å²) in [6.07, 6.45) is 5.11. The monoisotopic (exact) mass is 561 g/mol. The van der Waals surface area contributed by atoms with Crippen molar-refractivity contribution in [2.75, 3.05) is 5.32 Å². The number of benzene rings is 3. The number of phenols is 1. The number of carbonyl (C=O) groups excluding carboxylic acids is 3. The van der Waals surface area contributed by atoms with E-state index < -0.39 is 35.6 Å². The third kappa shape index (κ3) is 8.01. The molecule has 0 spiro atoms. The van der Waals surface area contributed by atoms with Crippen molar-refractivity contribution < 1.29 is 24.2 Å². The van der Waals surface area contributed by atoms with E-state index in [9.17, 15) is 19.5 Å². The predicted octanol–water partition coefficient (Wildman–Crippen LogP) is 5.59. The van der Waals surface area contributed by atoms with Crippen LogP contribution in [0.1, 0.15) is 43.5 Å². The number of rotatable bonds is 8. The molecule has 3 aromatic rings. The molecule has 40 heavy (non-hydrogen) atoms. The van der Waals surface area contributed by atoms with Gasteiger partial charge in [0.25, 0.3) is 11.8 Å². The van der Waals surface area contributed by atoms with Gasteiger partial charge in [-0.2, -0.15) is 0 Å². The number of amides is 3. The van der Waals surface area contributed by atoms with E-state index in [1.54, 1.807) is 76.2 Å². The molecule has 0 aromatic heterocycles. The van der Waals surface area contributed by atoms with E-state index in [1.165, 1.54) is 18.2 Å². The summed E-state index contributed by atoms with van der Waals surface area (Å²) in [5.41, 5.74) is 1.25. The molecule has 9 heteroatoms. The quantitative estimate of drug-likeness (QED) is 0.245. The Morgan fingerprint density at radius 3 is 2.33 bits per heavy atom. The zero-order valence-electron chi connectivity index (χ0n) is 22.8. The molecule has 0 aliphatic heterocycles. The number of hydrogen-bond acceptors (Lipinski definition) is 5. The number of ether oxygens (including phenoxy) is 1. The number of halogens is 1. The second-order valence-corrected chi connectivity index (χ2v) is 10.6. The van der Waals surface area contributed by atoms with Crippen LogP contribution in [-0.4, -0.2) is 39.6 Å². The minimum atomic E-state index is -1.38. The standard InChI is InChI=1S/C31H32ClN3O5/c1-6-35(29(38)25(18-21-13-8-7-9-14-21)33-30(39)40-31(3,4)5)27(22-15-11-16-23(36)19-22)28(37)34-26-20(2)12-10-17-24(26)32/h1,7-17,19,25,27,36H,18H2,2-5H3,(H,33,39)(H,34,37). The molecular formula is C31H32ClN3O5. The van der Waals surface area contributed by atoms with E-state index in [-0.39, 0.29) is 17.7 Å². The van der Waals surface area contributed by atoms with Crippen LogP contribution in [0.3, 0.4) is 0 Å². The average molecular weight is 562 g/mol. The van der Waals surface area contributed by atoms with Crippen LogP contribution in [0.2, 0.25) is 5.02 Å². The Hall–Kier alpha value is -4.48. The highest BCUT2D eigenvalue weighted by Crippen LogP contribution is 2.30. The average Bonchev–Trinajstić information content (AvgIpc) is 2.88. The summed E-state index contributed by atoms with van der Waals surface area (Å²) in [4.78, 5) is 41.4. The molecule has 0 bridgehead atoms. The fraction of sp³-hybridized carbons (Fsp3) is 0.258. The van der Waals surface area contributed by atoms with Gasteiger partial charge in [0.05, 0.1) is 10.7 Å². The first-order valence-electron chi connectivity index (χ1n) is 12.6. The van der Waals surface area contributed by atoms with Crippen molar-refractivity contribution in [3.8, 4) is 18.2 Å². The summed E-state index contributed by atoms with van der Waals surface area (Å²) in [5.74, 6) is -1.51. The molecule has 0 aliphatic rings. The van der Waals surface area contributed by atoms with Crippen LogP contribution < -0.4 is 10.6 Å². The lowest BCUT2D eigenvalue weighted by atomic mass is 10.0. The summed E-state index contributed by atoms with van der Waals surface area (Å²) < 4.78 is 5.38. The second kappa shape index (κ2) is 13.0. The van der Waals surface area contributed by atoms with Crippen LogP contribution in [-0.2, 0) is 20.7 Å². The SMILES string of the molecule is C#CN(C(=O)C(Cc1ccccc1)NC(=O)OC(C)(C)C)C(C(=O)Nc1c(C)cccc1Cl)c1cccc(O)c1. The largest absolute Gasteiger partial charge is 0.508 e. The van der Waals surface area contributed by atoms with Crippen LogP contribution >= 0.6 is 11.6 Å². The molecule has 8 nitrogen and oxygen atoms in total. The molecule has 3 rings (SSSR count). The number of aryl methyl sites for hydroxylation is 1. The fourth-order valence-electron chi connectivity index (χ4n) is 4.03. The maximum atomic E-state index is 14.0. The molecule has 208 valence electrons. The molecule has 0 fully saturated rings. The molecule has 0 radical (unpaired) electrons. The summed E-state index contributed by atoms with van der Waals surface area (Å²) in [6, 6.07) is 19.8. The highest BCUT2D eigenvalue weighted by atomic mass is 35.5. The molecule has 2 unspecified atom stereocenters. The van der Waals surface area contributed by atoms with Crippen LogP contribution in [0.25, 0.3) is 0 Å². The van der Waals surface area contributed by atoms with Gasteiger partial charge < -0.3 is 20.5 Å². The first kappa shape index (κ1) is 30.1. The Kier molecular flexibility index (Phi) is 9.81. The van der Waals surface area contributed by atoms with E-state index in [0.717, 1.165) is 10.5 Å². The molecule has 2 atom stereocenters. The van der Waals surface area contributed by atoms with Gasteiger partial charge in [0.15, 0.2) is 0 Å². The Morgan fingerprint density at radius 1 is 1.05 bits per heavy atom. The lowest BCUT2D eigenvalue weighted by Gasteiger charge is -2.30. The molecule has 0 saturated carbocycles. The fourth-order valence-corrected chi connectivity index (χ4v) is 4.30. The van der Waals surface area contributed by atoms with Gasteiger partial charge in [0, 0.05) is 12.5 Å². The van der Waals surface area contributed by atoms with Gasteiger partial charge in [-0.25, -0.2) is 4.79 Å². The zero-order valence-corrected chi connectivity index (χ0v) is 23.5. The Labute approximate surface area is 239 Å². The van der Waals surface area contributed by atoms with Crippen molar-refractivity contribution in [1.29, 1.82) is 0 Å². The first-order valence-corrected chi connectivity index (χ1v) is 12.9. The highest BCUT2D eigenvalue weighted by molar-refractivity contribution is 6.34. The van der Waals surface area contributed by atoms with Crippen molar-refractivity contribution in [2.24, 2.45) is 0 Å². The maximum Gasteiger partial charge on any atom is 0.408 e. The number of para-hydroxylation sites is 1. The van der Waals surface area contributed by atoms with E-state index in [2.05, 4.69) is 16.7 Å². The van der Waals surface area contributed by atoms with Gasteiger partial charge in [0.2, 0.25) is 0 Å². The number of carbonyl (C=O) groups is 3. The van der Waals surface area contributed by atoms with Gasteiger partial charge in [-0.15, -0.1) is 0 Å². The first-order chi connectivity index (χ1) is 18.9. The number of hydrogen-bond donors (Lipinski definition) is 3. The van der Waals surface area contributed by atoms with Crippen LogP contribution in [0.15, 0.2) is 72.8 Å². The van der Waals surface area contributed by atoms with E-state index in [0.29, 0.717) is 16.3 Å². The van der Waals surface area contributed by atoms with Gasteiger partial charge in [-0.3, -0.25) is 14.5 Å². The van der Waals surface area contributed by atoms with Crippen molar-refractivity contribution in [3.05, 3.63) is 94.5 Å². The Balaban J connectivity index is 2.03. The van der Waals surface area contributed by atoms with E-state index in [4.69, 9.17) is 22.8 Å². The summed E-state index contributed by atoms with van der Waals surface area (Å²) >= 11 is 6.34. The van der Waals surface area contributed by atoms with Crippen molar-refractivity contribution >= 4 is 35.2 Å². The minimum Gasteiger partial charge on any atom is -0.508 e. The lowest BCUT2D eigenvalue weighted by Crippen LogP contribution is -2.51. The zero-order chi connectivity index (χ0) is 29.4. The normalized spacial score (nSPS) is 12.4. The van der Waals surface area contributed by atoms with Gasteiger partial charge in [-0.1, -0.05) is 72.6 Å². The van der Waals surface area contributed by atoms with Crippen molar-refractivity contribution in [3.63, 3.8) is 0 Å². The Morgan fingerprint density at radius 2 is 1.73 bits per heavy atom. The van der Waals surface area contributed by atoms with Gasteiger partial charge in [0.1, 0.15) is 23.4 Å². The molecule has 0 aliphatic carbocycles. The number of terminal acetylenes is 1. The number of nitrogens with one attached hydrogen (secondary N) is 2.